The van der Waals surface area contributed by atoms with Gasteiger partial charge in [0.05, 0.1) is 19.0 Å². The van der Waals surface area contributed by atoms with Gasteiger partial charge in [-0.25, -0.2) is 0 Å². The Bertz CT molecular complexity index is 614. The highest BCUT2D eigenvalue weighted by atomic mass is 32.2. The van der Waals surface area contributed by atoms with Crippen LogP contribution in [0.15, 0.2) is 40.6 Å². The van der Waals surface area contributed by atoms with E-state index in [1.165, 1.54) is 0 Å². The second-order valence-corrected chi connectivity index (χ2v) is 6.60. The topological polar surface area (TPSA) is 57.6 Å². The predicted octanol–water partition coefficient (Wildman–Crippen LogP) is 3.08. The zero-order valence-electron chi connectivity index (χ0n) is 13.4. The number of carbonyl (C=O) groups excluding carboxylic acids is 1. The van der Waals surface area contributed by atoms with Gasteiger partial charge in [-0.15, -0.1) is 0 Å². The summed E-state index contributed by atoms with van der Waals surface area (Å²) >= 11 is 1.62. The van der Waals surface area contributed by atoms with Crippen molar-refractivity contribution in [1.82, 2.24) is 15.2 Å². The van der Waals surface area contributed by atoms with Crippen LogP contribution in [0.25, 0.3) is 0 Å². The highest BCUT2D eigenvalue weighted by Crippen LogP contribution is 2.31. The molecule has 3 heterocycles. The van der Waals surface area contributed by atoms with Crippen molar-refractivity contribution < 1.29 is 4.79 Å². The average molecular weight is 330 g/mol. The smallest absolute Gasteiger partial charge is 0.226 e. The number of carbonyl (C=O) groups is 1. The van der Waals surface area contributed by atoms with Gasteiger partial charge in [0.25, 0.3) is 0 Å². The van der Waals surface area contributed by atoms with Crippen molar-refractivity contribution in [3.8, 4) is 0 Å². The standard InChI is InChI=1S/C17H22N4OS/c1-2-3-6-15(13-5-4-7-18-11-13)20-16(22)10-14-12-23-17-19-8-9-21(14)17/h4-5,7,11-12,15H,2-3,6,8-10H2,1H3,(H,20,22)/t15-/m0/s1. The molecule has 3 rings (SSSR count). The van der Waals surface area contributed by atoms with Crippen molar-refractivity contribution in [3.63, 3.8) is 0 Å². The van der Waals surface area contributed by atoms with Crippen molar-refractivity contribution in [2.75, 3.05) is 13.1 Å². The van der Waals surface area contributed by atoms with Gasteiger partial charge in [0, 0.05) is 24.6 Å². The molecule has 6 heteroatoms. The molecule has 1 atom stereocenters. The summed E-state index contributed by atoms with van der Waals surface area (Å²) in [5.74, 6) is 0.0648. The van der Waals surface area contributed by atoms with Crippen LogP contribution >= 0.6 is 11.8 Å². The third-order valence-corrected chi connectivity index (χ3v) is 5.01. The van der Waals surface area contributed by atoms with Crippen molar-refractivity contribution in [2.45, 2.75) is 38.6 Å². The van der Waals surface area contributed by atoms with Crippen molar-refractivity contribution in [2.24, 2.45) is 4.99 Å². The Morgan fingerprint density at radius 2 is 2.43 bits per heavy atom. The van der Waals surface area contributed by atoms with Crippen LogP contribution in [-0.2, 0) is 4.79 Å². The molecule has 0 aliphatic carbocycles. The Kier molecular flexibility index (Phi) is 5.33. The van der Waals surface area contributed by atoms with Crippen LogP contribution in [0.3, 0.4) is 0 Å². The number of pyridine rings is 1. The highest BCUT2D eigenvalue weighted by molar-refractivity contribution is 8.16. The third kappa shape index (κ3) is 3.93. The first-order valence-corrected chi connectivity index (χ1v) is 9.03. The Balaban J connectivity index is 1.61. The van der Waals surface area contributed by atoms with E-state index in [2.05, 4.69) is 27.1 Å². The van der Waals surface area contributed by atoms with Crippen LogP contribution in [0, 0.1) is 0 Å². The zero-order valence-corrected chi connectivity index (χ0v) is 14.2. The van der Waals surface area contributed by atoms with Crippen LogP contribution in [0.5, 0.6) is 0 Å². The van der Waals surface area contributed by atoms with E-state index in [-0.39, 0.29) is 11.9 Å². The lowest BCUT2D eigenvalue weighted by Crippen LogP contribution is -2.31. The third-order valence-electron chi connectivity index (χ3n) is 4.06. The summed E-state index contributed by atoms with van der Waals surface area (Å²) < 4.78 is 0. The second-order valence-electron chi connectivity index (χ2n) is 5.77. The maximum atomic E-state index is 12.5. The number of unbranched alkanes of at least 4 members (excludes halogenated alkanes) is 1. The van der Waals surface area contributed by atoms with Crippen LogP contribution in [0.1, 0.15) is 44.2 Å². The lowest BCUT2D eigenvalue weighted by atomic mass is 10.0. The molecule has 0 saturated carbocycles. The molecule has 0 fully saturated rings. The predicted molar refractivity (Wildman–Crippen MR) is 93.9 cm³/mol. The first kappa shape index (κ1) is 16.1. The monoisotopic (exact) mass is 330 g/mol. The largest absolute Gasteiger partial charge is 0.349 e. The van der Waals surface area contributed by atoms with Crippen molar-refractivity contribution >= 4 is 22.8 Å². The summed E-state index contributed by atoms with van der Waals surface area (Å²) in [5.41, 5.74) is 2.14. The molecule has 122 valence electrons. The first-order valence-electron chi connectivity index (χ1n) is 8.15. The van der Waals surface area contributed by atoms with E-state index in [4.69, 9.17) is 0 Å². The molecule has 2 aliphatic rings. The summed E-state index contributed by atoms with van der Waals surface area (Å²) in [6, 6.07) is 3.99. The highest BCUT2D eigenvalue weighted by Gasteiger charge is 2.27. The van der Waals surface area contributed by atoms with Gasteiger partial charge in [-0.1, -0.05) is 37.6 Å². The van der Waals surface area contributed by atoms with E-state index in [0.29, 0.717) is 6.42 Å². The molecule has 5 nitrogen and oxygen atoms in total. The van der Waals surface area contributed by atoms with Crippen LogP contribution in [0.4, 0.5) is 0 Å². The SMILES string of the molecule is CCCC[C@H](NC(=O)CC1=CSC2=NCCN12)c1cccnc1. The quantitative estimate of drug-likeness (QED) is 0.835. The minimum Gasteiger partial charge on any atom is -0.349 e. The molecule has 2 aliphatic heterocycles. The number of nitrogens with one attached hydrogen (secondary N) is 1. The van der Waals surface area contributed by atoms with Crippen LogP contribution in [0.2, 0.25) is 0 Å². The fraction of sp³-hybridized carbons (Fsp3) is 0.471. The van der Waals surface area contributed by atoms with Gasteiger partial charge in [0.15, 0.2) is 5.17 Å². The number of nitrogens with zero attached hydrogens (tertiary/aromatic N) is 3. The molecule has 0 aromatic carbocycles. The summed E-state index contributed by atoms with van der Waals surface area (Å²) in [5, 5.41) is 6.25. The number of hydrogen-bond acceptors (Lipinski definition) is 5. The molecule has 0 bridgehead atoms. The molecule has 0 unspecified atom stereocenters. The summed E-state index contributed by atoms with van der Waals surface area (Å²) in [7, 11) is 0. The Hall–Kier alpha value is -1.82. The van der Waals surface area contributed by atoms with E-state index in [1.807, 2.05) is 23.7 Å². The second kappa shape index (κ2) is 7.64. The van der Waals surface area contributed by atoms with E-state index in [1.54, 1.807) is 18.0 Å². The summed E-state index contributed by atoms with van der Waals surface area (Å²) in [4.78, 5) is 23.2. The Morgan fingerprint density at radius 3 is 3.22 bits per heavy atom. The van der Waals surface area contributed by atoms with Gasteiger partial charge in [0.1, 0.15) is 0 Å². The number of amidine groups is 1. The number of hydrogen-bond donors (Lipinski definition) is 1. The maximum absolute atomic E-state index is 12.5. The maximum Gasteiger partial charge on any atom is 0.226 e. The number of amides is 1. The molecule has 0 saturated heterocycles. The molecule has 1 amide bonds. The fourth-order valence-corrected chi connectivity index (χ4v) is 3.79. The molecule has 0 radical (unpaired) electrons. The number of aliphatic imine (C=N–C) groups is 1. The molecule has 1 aromatic rings. The number of fused-ring (bicyclic) bond motifs is 1. The number of aromatic nitrogens is 1. The molecular formula is C17H22N4OS. The lowest BCUT2D eigenvalue weighted by Gasteiger charge is -2.21. The molecule has 1 aromatic heterocycles. The minimum absolute atomic E-state index is 0.0394. The van der Waals surface area contributed by atoms with Crippen LogP contribution in [-0.4, -0.2) is 34.0 Å². The Morgan fingerprint density at radius 1 is 1.52 bits per heavy atom. The fourth-order valence-electron chi connectivity index (χ4n) is 2.84. The average Bonchev–Trinajstić information content (AvgIpc) is 3.17. The van der Waals surface area contributed by atoms with E-state index < -0.39 is 0 Å². The van der Waals surface area contributed by atoms with Gasteiger partial charge < -0.3 is 10.2 Å². The van der Waals surface area contributed by atoms with E-state index >= 15 is 0 Å². The zero-order chi connectivity index (χ0) is 16.1. The Labute approximate surface area is 141 Å². The van der Waals surface area contributed by atoms with Gasteiger partial charge in [-0.05, 0) is 23.5 Å². The number of rotatable bonds is 7. The van der Waals surface area contributed by atoms with E-state index in [0.717, 1.165) is 48.8 Å². The van der Waals surface area contributed by atoms with Crippen molar-refractivity contribution in [1.29, 1.82) is 0 Å². The molecule has 23 heavy (non-hydrogen) atoms. The molecule has 1 N–H and O–H groups in total. The normalized spacial score (nSPS) is 17.5. The lowest BCUT2D eigenvalue weighted by molar-refractivity contribution is -0.121. The summed E-state index contributed by atoms with van der Waals surface area (Å²) in [6.45, 7) is 3.89. The number of thioether (sulfide) groups is 1. The summed E-state index contributed by atoms with van der Waals surface area (Å²) in [6.07, 6.45) is 7.16. The first-order chi connectivity index (χ1) is 11.3. The van der Waals surface area contributed by atoms with Gasteiger partial charge in [-0.3, -0.25) is 14.8 Å². The van der Waals surface area contributed by atoms with Gasteiger partial charge >= 0.3 is 0 Å². The van der Waals surface area contributed by atoms with Gasteiger partial charge in [0.2, 0.25) is 5.91 Å². The minimum atomic E-state index is 0.0394. The molecular weight excluding hydrogens is 308 g/mol. The van der Waals surface area contributed by atoms with Crippen LogP contribution < -0.4 is 5.32 Å². The van der Waals surface area contributed by atoms with Crippen molar-refractivity contribution in [3.05, 3.63) is 41.2 Å². The molecule has 0 spiro atoms. The van der Waals surface area contributed by atoms with Gasteiger partial charge in [-0.2, -0.15) is 0 Å². The van der Waals surface area contributed by atoms with E-state index in [9.17, 15) is 4.79 Å².